The van der Waals surface area contributed by atoms with Gasteiger partial charge >= 0.3 is 17.2 Å². The average Bonchev–Trinajstić information content (AvgIpc) is 2.41. The molecule has 114 valence electrons. The Morgan fingerprint density at radius 2 is 1.85 bits per heavy atom. The van der Waals surface area contributed by atoms with Gasteiger partial charge in [-0.25, -0.2) is 9.59 Å². The van der Waals surface area contributed by atoms with Crippen LogP contribution in [0.4, 0.5) is 4.79 Å². The number of hydrogen-bond acceptors (Lipinski definition) is 8. The van der Waals surface area contributed by atoms with Crippen LogP contribution in [-0.2, 0) is 28.6 Å². The zero-order chi connectivity index (χ0) is 15.5. The van der Waals surface area contributed by atoms with E-state index in [0.29, 0.717) is 11.8 Å². The van der Waals surface area contributed by atoms with Crippen molar-refractivity contribution in [1.29, 1.82) is 0 Å². The van der Waals surface area contributed by atoms with E-state index in [9.17, 15) is 19.2 Å². The van der Waals surface area contributed by atoms with Crippen LogP contribution in [0, 0.1) is 0 Å². The summed E-state index contributed by atoms with van der Waals surface area (Å²) in [6, 6.07) is -0.951. The topological polar surface area (TPSA) is 108 Å². The lowest BCUT2D eigenvalue weighted by Crippen LogP contribution is -2.42. The van der Waals surface area contributed by atoms with Crippen LogP contribution in [0.15, 0.2) is 0 Å². The lowest BCUT2D eigenvalue weighted by Gasteiger charge is -2.14. The van der Waals surface area contributed by atoms with Gasteiger partial charge in [0.25, 0.3) is 0 Å². The number of rotatable bonds is 7. The highest BCUT2D eigenvalue weighted by Gasteiger charge is 2.22. The summed E-state index contributed by atoms with van der Waals surface area (Å²) in [5, 5.41) is 1.61. The first-order valence-corrected chi connectivity index (χ1v) is 6.69. The summed E-state index contributed by atoms with van der Waals surface area (Å²) in [5.74, 6) is -1.63. The SMILES string of the molecule is CCC(=O)OCOC(=O)SC[C@H](NC(C)=O)C(=O)OC. The summed E-state index contributed by atoms with van der Waals surface area (Å²) < 4.78 is 13.6. The zero-order valence-corrected chi connectivity index (χ0v) is 12.3. The van der Waals surface area contributed by atoms with Crippen molar-refractivity contribution in [3.8, 4) is 0 Å². The van der Waals surface area contributed by atoms with Crippen molar-refractivity contribution in [2.24, 2.45) is 0 Å². The highest BCUT2D eigenvalue weighted by atomic mass is 32.2. The standard InChI is InChI=1S/C11H17NO7S/c1-4-9(14)18-6-19-11(16)20-5-8(10(15)17-3)12-7(2)13/h8H,4-6H2,1-3H3,(H,12,13)/t8-/m0/s1. The van der Waals surface area contributed by atoms with Gasteiger partial charge in [-0.3, -0.25) is 9.59 Å². The Morgan fingerprint density at radius 1 is 1.20 bits per heavy atom. The number of amides is 1. The lowest BCUT2D eigenvalue weighted by molar-refractivity contribution is -0.150. The van der Waals surface area contributed by atoms with Gasteiger partial charge in [-0.1, -0.05) is 6.92 Å². The molecule has 0 spiro atoms. The van der Waals surface area contributed by atoms with E-state index in [1.807, 2.05) is 0 Å². The predicted molar refractivity (Wildman–Crippen MR) is 69.8 cm³/mol. The van der Waals surface area contributed by atoms with Gasteiger partial charge in [0.2, 0.25) is 12.7 Å². The Morgan fingerprint density at radius 3 is 2.35 bits per heavy atom. The molecule has 0 heterocycles. The molecule has 0 aliphatic heterocycles. The minimum atomic E-state index is -0.951. The first kappa shape index (κ1) is 18.2. The van der Waals surface area contributed by atoms with Crippen molar-refractivity contribution in [2.75, 3.05) is 19.7 Å². The normalized spacial score (nSPS) is 11.2. The fourth-order valence-corrected chi connectivity index (χ4v) is 1.65. The number of hydrogen-bond donors (Lipinski definition) is 1. The minimum absolute atomic E-state index is 0.0488. The first-order valence-electron chi connectivity index (χ1n) is 5.70. The summed E-state index contributed by atoms with van der Waals surface area (Å²) in [4.78, 5) is 44.3. The van der Waals surface area contributed by atoms with Gasteiger partial charge in [-0.15, -0.1) is 0 Å². The molecular weight excluding hydrogens is 290 g/mol. The molecule has 1 atom stereocenters. The van der Waals surface area contributed by atoms with E-state index in [1.54, 1.807) is 6.92 Å². The Hall–Kier alpha value is -1.77. The Bertz CT molecular complexity index is 372. The molecule has 0 aromatic rings. The van der Waals surface area contributed by atoms with E-state index >= 15 is 0 Å². The van der Waals surface area contributed by atoms with E-state index in [-0.39, 0.29) is 12.2 Å². The Kier molecular flexibility index (Phi) is 9.18. The van der Waals surface area contributed by atoms with Gasteiger partial charge < -0.3 is 19.5 Å². The van der Waals surface area contributed by atoms with Crippen LogP contribution in [0.25, 0.3) is 0 Å². The van der Waals surface area contributed by atoms with Crippen molar-refractivity contribution in [2.45, 2.75) is 26.3 Å². The Balaban J connectivity index is 4.07. The molecule has 0 aliphatic carbocycles. The molecule has 8 nitrogen and oxygen atoms in total. The molecule has 1 amide bonds. The monoisotopic (exact) mass is 307 g/mol. The van der Waals surface area contributed by atoms with Crippen LogP contribution < -0.4 is 5.32 Å². The molecule has 0 bridgehead atoms. The van der Waals surface area contributed by atoms with Gasteiger partial charge in [0, 0.05) is 19.1 Å². The molecule has 0 aliphatic rings. The van der Waals surface area contributed by atoms with E-state index < -0.39 is 36.0 Å². The first-order chi connectivity index (χ1) is 9.40. The summed E-state index contributed by atoms with van der Waals surface area (Å²) in [6.07, 6.45) is 0.178. The third-order valence-electron chi connectivity index (χ3n) is 1.92. The molecule has 20 heavy (non-hydrogen) atoms. The summed E-state index contributed by atoms with van der Waals surface area (Å²) in [5.41, 5.74) is 0. The van der Waals surface area contributed by atoms with Crippen LogP contribution in [0.1, 0.15) is 20.3 Å². The number of esters is 2. The molecule has 9 heteroatoms. The second kappa shape index (κ2) is 10.1. The van der Waals surface area contributed by atoms with Crippen LogP contribution in [0.3, 0.4) is 0 Å². The molecule has 0 fully saturated rings. The molecule has 0 radical (unpaired) electrons. The van der Waals surface area contributed by atoms with E-state index in [4.69, 9.17) is 0 Å². The van der Waals surface area contributed by atoms with Gasteiger partial charge in [0.1, 0.15) is 6.04 Å². The fraction of sp³-hybridized carbons (Fsp3) is 0.636. The van der Waals surface area contributed by atoms with Gasteiger partial charge in [-0.2, -0.15) is 0 Å². The average molecular weight is 307 g/mol. The van der Waals surface area contributed by atoms with Crippen LogP contribution in [0.2, 0.25) is 0 Å². The van der Waals surface area contributed by atoms with Crippen LogP contribution >= 0.6 is 11.8 Å². The maximum absolute atomic E-state index is 11.3. The second-order valence-electron chi connectivity index (χ2n) is 3.47. The van der Waals surface area contributed by atoms with E-state index in [2.05, 4.69) is 19.5 Å². The van der Waals surface area contributed by atoms with E-state index in [0.717, 1.165) is 0 Å². The van der Waals surface area contributed by atoms with Crippen molar-refractivity contribution >= 4 is 34.9 Å². The molecule has 1 N–H and O–H groups in total. The third-order valence-corrected chi connectivity index (χ3v) is 2.77. The van der Waals surface area contributed by atoms with Crippen molar-refractivity contribution in [3.63, 3.8) is 0 Å². The van der Waals surface area contributed by atoms with Gasteiger partial charge in [0.15, 0.2) is 0 Å². The highest BCUT2D eigenvalue weighted by molar-refractivity contribution is 8.13. The second-order valence-corrected chi connectivity index (χ2v) is 4.42. The zero-order valence-electron chi connectivity index (χ0n) is 11.5. The summed E-state index contributed by atoms with van der Waals surface area (Å²) in [6.45, 7) is 2.36. The van der Waals surface area contributed by atoms with Crippen molar-refractivity contribution in [1.82, 2.24) is 5.32 Å². The molecule has 0 saturated carbocycles. The number of nitrogens with one attached hydrogen (secondary N) is 1. The van der Waals surface area contributed by atoms with Gasteiger partial charge in [-0.05, 0) is 11.8 Å². The molecule has 0 unspecified atom stereocenters. The van der Waals surface area contributed by atoms with Crippen molar-refractivity contribution < 1.29 is 33.4 Å². The van der Waals surface area contributed by atoms with Crippen LogP contribution in [-0.4, -0.2) is 48.8 Å². The van der Waals surface area contributed by atoms with Crippen LogP contribution in [0.5, 0.6) is 0 Å². The maximum Gasteiger partial charge on any atom is 0.370 e. The third kappa shape index (κ3) is 8.35. The molecule has 0 rings (SSSR count). The Labute approximate surface area is 120 Å². The molecular formula is C11H17NO7S. The number of carbonyl (C=O) groups excluding carboxylic acids is 4. The molecule has 0 saturated heterocycles. The number of carbonyl (C=O) groups is 4. The molecule has 0 aromatic heterocycles. The van der Waals surface area contributed by atoms with Gasteiger partial charge in [0.05, 0.1) is 7.11 Å². The largest absolute Gasteiger partial charge is 0.467 e. The summed E-state index contributed by atoms with van der Waals surface area (Å²) in [7, 11) is 1.17. The predicted octanol–water partition coefficient (Wildman–Crippen LogP) is 0.445. The smallest absolute Gasteiger partial charge is 0.370 e. The summed E-state index contributed by atoms with van der Waals surface area (Å²) >= 11 is 0.661. The quantitative estimate of drug-likeness (QED) is 0.533. The van der Waals surface area contributed by atoms with Crippen molar-refractivity contribution in [3.05, 3.63) is 0 Å². The highest BCUT2D eigenvalue weighted by Crippen LogP contribution is 2.08. The maximum atomic E-state index is 11.3. The van der Waals surface area contributed by atoms with E-state index in [1.165, 1.54) is 14.0 Å². The lowest BCUT2D eigenvalue weighted by atomic mass is 10.3. The number of ether oxygens (including phenoxy) is 3. The fourth-order valence-electron chi connectivity index (χ4n) is 0.995. The molecule has 0 aromatic carbocycles. The number of methoxy groups -OCH3 is 1. The number of thioether (sulfide) groups is 1. The minimum Gasteiger partial charge on any atom is -0.467 e.